The topological polar surface area (TPSA) is 200 Å². The average molecular weight is 747 g/mol. The molecule has 7 aromatic rings. The van der Waals surface area contributed by atoms with E-state index in [1.165, 1.54) is 6.33 Å². The fraction of sp³-hybridized carbons (Fsp3) is 0.190. The molecule has 0 saturated carbocycles. The quantitative estimate of drug-likeness (QED) is 0.0542. The molecule has 3 aromatic heterocycles. The van der Waals surface area contributed by atoms with Crippen LogP contribution in [0.2, 0.25) is 0 Å². The largest absolute Gasteiger partial charge is 0.457 e. The Kier molecular flexibility index (Phi) is 10.5. The van der Waals surface area contributed by atoms with E-state index >= 15 is 0 Å². The van der Waals surface area contributed by atoms with Crippen molar-refractivity contribution in [2.24, 2.45) is 0 Å². The molecule has 8 N–H and O–H groups in total. The number of nitrogen functional groups attached to an aromatic ring is 2. The number of hydrogen-bond donors (Lipinski definition) is 6. The van der Waals surface area contributed by atoms with Gasteiger partial charge in [-0.3, -0.25) is 5.41 Å². The maximum absolute atomic E-state index is 8.90. The smallest absolute Gasteiger partial charge is 0.165 e. The van der Waals surface area contributed by atoms with Gasteiger partial charge in [-0.05, 0) is 99.2 Å². The Balaban J connectivity index is 1.06. The third-order valence-electron chi connectivity index (χ3n) is 9.57. The second kappa shape index (κ2) is 16.2. The summed E-state index contributed by atoms with van der Waals surface area (Å²) in [6.45, 7) is 3.09. The summed E-state index contributed by atoms with van der Waals surface area (Å²) in [5.41, 5.74) is 17.3. The number of likely N-dealkylation sites (N-methyl/N-ethyl adjacent to an activating group) is 1. The highest BCUT2D eigenvalue weighted by molar-refractivity contribution is 6.16. The standard InChI is InChI=1S/C42H42N12O2/c1-46-21-22-48-41-34(38(44)49-25-50-41)36(43)26-12-16-32(17-13-26)56-33-11-5-7-28(23-33)40-51-39(45)35-37(53-54(42(35)52-40)29-8-6-20-47-24-29)27-14-18-31(19-15-27)55-30-9-3-2-4-10-30/h2-5,7,9-19,23,25,29,43,46-47H,6,8,20-22,24H2,1H3,(H2,45,51,52)(H3,44,48,49,50). The van der Waals surface area contributed by atoms with Crippen molar-refractivity contribution in [1.82, 2.24) is 40.3 Å². The van der Waals surface area contributed by atoms with Crippen LogP contribution in [0.3, 0.4) is 0 Å². The van der Waals surface area contributed by atoms with E-state index in [4.69, 9.17) is 41.4 Å². The van der Waals surface area contributed by atoms with Gasteiger partial charge in [0.1, 0.15) is 52.5 Å². The summed E-state index contributed by atoms with van der Waals surface area (Å²) in [6, 6.07) is 32.4. The first kappa shape index (κ1) is 36.1. The van der Waals surface area contributed by atoms with Gasteiger partial charge in [-0.1, -0.05) is 30.3 Å². The number of aromatic nitrogens is 6. The molecule has 0 radical (unpaired) electrons. The van der Waals surface area contributed by atoms with E-state index in [-0.39, 0.29) is 17.6 Å². The molecule has 1 aliphatic rings. The van der Waals surface area contributed by atoms with Crippen LogP contribution in [0.5, 0.6) is 23.0 Å². The number of fused-ring (bicyclic) bond motifs is 1. The molecule has 1 fully saturated rings. The molecule has 1 unspecified atom stereocenters. The van der Waals surface area contributed by atoms with Gasteiger partial charge in [0.15, 0.2) is 11.5 Å². The number of rotatable bonds is 13. The van der Waals surface area contributed by atoms with E-state index in [2.05, 4.69) is 25.9 Å². The Hall–Kier alpha value is -6.90. The predicted octanol–water partition coefficient (Wildman–Crippen LogP) is 6.67. The number of nitrogens with zero attached hydrogens (tertiary/aromatic N) is 6. The SMILES string of the molecule is CNCCNc1ncnc(N)c1C(=N)c1ccc(Oc2cccc(-c3nc(N)c4c(-c5ccc(Oc6ccccc6)cc5)nn(C5CCCNC5)c4n3)c2)cc1. The van der Waals surface area contributed by atoms with E-state index in [1.807, 2.05) is 115 Å². The number of hydrogen-bond acceptors (Lipinski definition) is 13. The lowest BCUT2D eigenvalue weighted by atomic mass is 10.0. The summed E-state index contributed by atoms with van der Waals surface area (Å²) in [5, 5.41) is 24.6. The summed E-state index contributed by atoms with van der Waals surface area (Å²) in [4.78, 5) is 18.3. The molecule has 282 valence electrons. The number of nitrogens with two attached hydrogens (primary N) is 2. The highest BCUT2D eigenvalue weighted by Crippen LogP contribution is 2.37. The van der Waals surface area contributed by atoms with Gasteiger partial charge in [-0.15, -0.1) is 0 Å². The van der Waals surface area contributed by atoms with Crippen LogP contribution in [0, 0.1) is 5.41 Å². The molecule has 0 amide bonds. The minimum absolute atomic E-state index is 0.106. The zero-order valence-corrected chi connectivity index (χ0v) is 30.9. The van der Waals surface area contributed by atoms with Crippen LogP contribution >= 0.6 is 0 Å². The Morgan fingerprint density at radius 1 is 0.821 bits per heavy atom. The molecule has 14 nitrogen and oxygen atoms in total. The van der Waals surface area contributed by atoms with Crippen molar-refractivity contribution >= 4 is 34.2 Å². The molecule has 14 heteroatoms. The number of ether oxygens (including phenoxy) is 2. The Morgan fingerprint density at radius 3 is 2.30 bits per heavy atom. The zero-order chi connectivity index (χ0) is 38.4. The lowest BCUT2D eigenvalue weighted by Crippen LogP contribution is -2.32. The third kappa shape index (κ3) is 7.69. The minimum atomic E-state index is 0.106. The summed E-state index contributed by atoms with van der Waals surface area (Å²) in [5.74, 6) is 4.21. The first-order valence-electron chi connectivity index (χ1n) is 18.5. The first-order valence-corrected chi connectivity index (χ1v) is 18.5. The minimum Gasteiger partial charge on any atom is -0.457 e. The molecule has 1 atom stereocenters. The van der Waals surface area contributed by atoms with Crippen LogP contribution in [0.25, 0.3) is 33.7 Å². The van der Waals surface area contributed by atoms with Gasteiger partial charge in [-0.25, -0.2) is 24.6 Å². The molecule has 1 saturated heterocycles. The van der Waals surface area contributed by atoms with E-state index in [9.17, 15) is 0 Å². The molecular formula is C42H42N12O2. The van der Waals surface area contributed by atoms with Crippen LogP contribution in [0.1, 0.15) is 30.0 Å². The molecular weight excluding hydrogens is 705 g/mol. The molecule has 4 aromatic carbocycles. The predicted molar refractivity (Wildman–Crippen MR) is 220 cm³/mol. The highest BCUT2D eigenvalue weighted by Gasteiger charge is 2.25. The number of piperidine rings is 1. The van der Waals surface area contributed by atoms with Crippen molar-refractivity contribution < 1.29 is 9.47 Å². The molecule has 0 aliphatic carbocycles. The summed E-state index contributed by atoms with van der Waals surface area (Å²) in [7, 11) is 1.87. The van der Waals surface area contributed by atoms with E-state index < -0.39 is 0 Å². The fourth-order valence-electron chi connectivity index (χ4n) is 6.75. The van der Waals surface area contributed by atoms with Gasteiger partial charge in [0.2, 0.25) is 0 Å². The van der Waals surface area contributed by atoms with Crippen LogP contribution in [-0.4, -0.2) is 68.7 Å². The number of benzene rings is 4. The molecule has 0 bridgehead atoms. The first-order chi connectivity index (χ1) is 27.4. The van der Waals surface area contributed by atoms with Crippen molar-refractivity contribution in [3.05, 3.63) is 121 Å². The van der Waals surface area contributed by atoms with Gasteiger partial charge in [0.05, 0.1) is 22.7 Å². The highest BCUT2D eigenvalue weighted by atomic mass is 16.5. The van der Waals surface area contributed by atoms with Crippen LogP contribution in [-0.2, 0) is 0 Å². The molecule has 56 heavy (non-hydrogen) atoms. The monoisotopic (exact) mass is 746 g/mol. The second-order valence-electron chi connectivity index (χ2n) is 13.4. The van der Waals surface area contributed by atoms with Crippen LogP contribution in [0.4, 0.5) is 17.5 Å². The molecule has 8 rings (SSSR count). The Labute approximate surface area is 323 Å². The number of nitrogens with one attached hydrogen (secondary N) is 4. The Bertz CT molecular complexity index is 2460. The second-order valence-corrected chi connectivity index (χ2v) is 13.4. The fourth-order valence-corrected chi connectivity index (χ4v) is 6.75. The van der Waals surface area contributed by atoms with Gasteiger partial charge in [0.25, 0.3) is 0 Å². The van der Waals surface area contributed by atoms with E-state index in [0.29, 0.717) is 57.7 Å². The molecule has 0 spiro atoms. The molecule has 4 heterocycles. The van der Waals surface area contributed by atoms with Gasteiger partial charge < -0.3 is 36.9 Å². The zero-order valence-electron chi connectivity index (χ0n) is 30.9. The normalized spacial score (nSPS) is 14.1. The average Bonchev–Trinajstić information content (AvgIpc) is 3.62. The number of para-hydroxylation sites is 1. The Morgan fingerprint density at radius 2 is 1.55 bits per heavy atom. The maximum Gasteiger partial charge on any atom is 0.165 e. The number of anilines is 3. The van der Waals surface area contributed by atoms with Gasteiger partial charge >= 0.3 is 0 Å². The third-order valence-corrected chi connectivity index (χ3v) is 9.57. The van der Waals surface area contributed by atoms with Crippen molar-refractivity contribution in [3.63, 3.8) is 0 Å². The molecule has 1 aliphatic heterocycles. The van der Waals surface area contributed by atoms with Crippen molar-refractivity contribution in [2.75, 3.05) is 50.0 Å². The van der Waals surface area contributed by atoms with Gasteiger partial charge in [0, 0.05) is 36.3 Å². The van der Waals surface area contributed by atoms with Crippen molar-refractivity contribution in [3.8, 4) is 45.6 Å². The van der Waals surface area contributed by atoms with Crippen LogP contribution in [0.15, 0.2) is 109 Å². The summed E-state index contributed by atoms with van der Waals surface area (Å²) < 4.78 is 14.3. The summed E-state index contributed by atoms with van der Waals surface area (Å²) in [6.07, 6.45) is 3.39. The van der Waals surface area contributed by atoms with E-state index in [0.717, 1.165) is 60.8 Å². The van der Waals surface area contributed by atoms with Crippen molar-refractivity contribution in [1.29, 1.82) is 5.41 Å². The lowest BCUT2D eigenvalue weighted by Gasteiger charge is -2.23. The van der Waals surface area contributed by atoms with E-state index in [1.54, 1.807) is 0 Å². The maximum atomic E-state index is 8.90. The summed E-state index contributed by atoms with van der Waals surface area (Å²) >= 11 is 0. The van der Waals surface area contributed by atoms with Crippen molar-refractivity contribution in [2.45, 2.75) is 18.9 Å². The van der Waals surface area contributed by atoms with Crippen LogP contribution < -0.4 is 36.9 Å². The van der Waals surface area contributed by atoms with Gasteiger partial charge in [-0.2, -0.15) is 5.10 Å². The lowest BCUT2D eigenvalue weighted by molar-refractivity contribution is 0.354.